The Labute approximate surface area is 126 Å². The van der Waals surface area contributed by atoms with Crippen LogP contribution in [0.3, 0.4) is 0 Å². The molecule has 0 N–H and O–H groups in total. The minimum absolute atomic E-state index is 0.223. The second-order valence-electron chi connectivity index (χ2n) is 5.64. The van der Waals surface area contributed by atoms with Crippen LogP contribution in [-0.2, 0) is 17.6 Å². The van der Waals surface area contributed by atoms with E-state index in [0.717, 1.165) is 16.9 Å². The lowest BCUT2D eigenvalue weighted by atomic mass is 9.98. The van der Waals surface area contributed by atoms with Crippen LogP contribution in [0.1, 0.15) is 36.5 Å². The fourth-order valence-electron chi connectivity index (χ4n) is 2.32. The van der Waals surface area contributed by atoms with Gasteiger partial charge in [0.25, 0.3) is 0 Å². The van der Waals surface area contributed by atoms with Crippen molar-refractivity contribution < 1.29 is 9.53 Å². The van der Waals surface area contributed by atoms with Gasteiger partial charge in [0.05, 0.1) is 7.11 Å². The second kappa shape index (κ2) is 7.07. The smallest absolute Gasteiger partial charge is 0.141 e. The van der Waals surface area contributed by atoms with Gasteiger partial charge in [-0.25, -0.2) is 0 Å². The lowest BCUT2D eigenvalue weighted by molar-refractivity contribution is -0.117. The van der Waals surface area contributed by atoms with Gasteiger partial charge in [0, 0.05) is 12.8 Å². The summed E-state index contributed by atoms with van der Waals surface area (Å²) in [6.45, 7) is 4.34. The van der Waals surface area contributed by atoms with Crippen molar-refractivity contribution in [2.24, 2.45) is 0 Å². The number of ether oxygens (including phenoxy) is 1. The van der Waals surface area contributed by atoms with Gasteiger partial charge >= 0.3 is 0 Å². The molecule has 0 radical (unpaired) electrons. The number of methoxy groups -OCH3 is 1. The molecule has 2 rings (SSSR count). The Hall–Kier alpha value is -2.09. The van der Waals surface area contributed by atoms with E-state index in [1.165, 1.54) is 5.56 Å². The summed E-state index contributed by atoms with van der Waals surface area (Å²) in [6.07, 6.45) is 0.929. The molecule has 0 saturated carbocycles. The molecule has 0 fully saturated rings. The maximum absolute atomic E-state index is 12.2. The summed E-state index contributed by atoms with van der Waals surface area (Å²) in [5.74, 6) is 1.54. The highest BCUT2D eigenvalue weighted by molar-refractivity contribution is 5.83. The van der Waals surface area contributed by atoms with Gasteiger partial charge in [0.15, 0.2) is 0 Å². The molecule has 2 heteroatoms. The molecule has 2 nitrogen and oxygen atoms in total. The minimum atomic E-state index is 0.223. The van der Waals surface area contributed by atoms with E-state index in [0.29, 0.717) is 18.8 Å². The third-order valence-corrected chi connectivity index (χ3v) is 3.58. The number of carbonyl (C=O) groups excluding carboxylic acids is 1. The first-order valence-corrected chi connectivity index (χ1v) is 7.32. The summed E-state index contributed by atoms with van der Waals surface area (Å²) in [4.78, 5) is 12.2. The molecule has 2 aromatic carbocycles. The number of Topliss-reactive ketones (excluding diaryl/α,β-unsaturated/α-hetero) is 1. The zero-order valence-electron chi connectivity index (χ0n) is 12.9. The lowest BCUT2D eigenvalue weighted by Gasteiger charge is -2.07. The number of ketones is 1. The summed E-state index contributed by atoms with van der Waals surface area (Å²) >= 11 is 0. The van der Waals surface area contributed by atoms with Gasteiger partial charge in [-0.3, -0.25) is 4.79 Å². The van der Waals surface area contributed by atoms with Crippen LogP contribution >= 0.6 is 0 Å². The Morgan fingerprint density at radius 1 is 1.00 bits per heavy atom. The van der Waals surface area contributed by atoms with Gasteiger partial charge in [-0.2, -0.15) is 0 Å². The Kier molecular flexibility index (Phi) is 5.15. The van der Waals surface area contributed by atoms with Crippen molar-refractivity contribution in [1.29, 1.82) is 0 Å². The molecule has 0 aliphatic rings. The van der Waals surface area contributed by atoms with Gasteiger partial charge in [-0.15, -0.1) is 0 Å². The van der Waals surface area contributed by atoms with E-state index in [4.69, 9.17) is 4.74 Å². The molecular formula is C19H22O2. The molecule has 2 aromatic rings. The number of carbonyl (C=O) groups is 1. The van der Waals surface area contributed by atoms with E-state index >= 15 is 0 Å². The van der Waals surface area contributed by atoms with Gasteiger partial charge in [-0.05, 0) is 34.7 Å². The van der Waals surface area contributed by atoms with Crippen molar-refractivity contribution in [2.75, 3.05) is 7.11 Å². The minimum Gasteiger partial charge on any atom is -0.497 e. The Morgan fingerprint density at radius 3 is 2.29 bits per heavy atom. The average molecular weight is 282 g/mol. The number of hydrogen-bond acceptors (Lipinski definition) is 2. The Morgan fingerprint density at radius 2 is 1.67 bits per heavy atom. The van der Waals surface area contributed by atoms with Crippen molar-refractivity contribution in [3.8, 4) is 5.75 Å². The molecule has 0 atom stereocenters. The van der Waals surface area contributed by atoms with Crippen LogP contribution in [0.4, 0.5) is 0 Å². The summed E-state index contributed by atoms with van der Waals surface area (Å²) in [5.41, 5.74) is 3.38. The fraction of sp³-hybridized carbons (Fsp3) is 0.316. The van der Waals surface area contributed by atoms with E-state index in [1.54, 1.807) is 7.11 Å². The quantitative estimate of drug-likeness (QED) is 0.794. The molecule has 110 valence electrons. The fourth-order valence-corrected chi connectivity index (χ4v) is 2.32. The molecule has 0 aliphatic heterocycles. The molecule has 0 heterocycles. The maximum atomic E-state index is 12.2. The molecule has 0 bridgehead atoms. The third kappa shape index (κ3) is 4.45. The summed E-state index contributed by atoms with van der Waals surface area (Å²) in [5, 5.41) is 0. The van der Waals surface area contributed by atoms with Crippen LogP contribution in [0.2, 0.25) is 0 Å². The molecule has 0 saturated heterocycles. The van der Waals surface area contributed by atoms with E-state index < -0.39 is 0 Å². The number of hydrogen-bond donors (Lipinski definition) is 0. The van der Waals surface area contributed by atoms with E-state index in [9.17, 15) is 4.79 Å². The van der Waals surface area contributed by atoms with Crippen molar-refractivity contribution in [3.63, 3.8) is 0 Å². The molecular weight excluding hydrogens is 260 g/mol. The lowest BCUT2D eigenvalue weighted by Crippen LogP contribution is -2.06. The highest BCUT2D eigenvalue weighted by Crippen LogP contribution is 2.16. The predicted molar refractivity (Wildman–Crippen MR) is 85.9 cm³/mol. The van der Waals surface area contributed by atoms with Crippen LogP contribution in [0.15, 0.2) is 48.5 Å². The molecule has 0 aromatic heterocycles. The standard InChI is InChI=1S/C19H22O2/c1-14(2)17-9-7-15(8-10-17)11-18(20)12-16-5-4-6-19(13-16)21-3/h4-10,13-14H,11-12H2,1-3H3. The number of rotatable bonds is 6. The predicted octanol–water partition coefficient (Wildman–Crippen LogP) is 4.17. The zero-order valence-corrected chi connectivity index (χ0v) is 12.9. The maximum Gasteiger partial charge on any atom is 0.141 e. The summed E-state index contributed by atoms with van der Waals surface area (Å²) in [7, 11) is 1.64. The van der Waals surface area contributed by atoms with Crippen molar-refractivity contribution in [1.82, 2.24) is 0 Å². The van der Waals surface area contributed by atoms with Crippen LogP contribution in [-0.4, -0.2) is 12.9 Å². The highest BCUT2D eigenvalue weighted by Gasteiger charge is 2.07. The first-order chi connectivity index (χ1) is 10.1. The second-order valence-corrected chi connectivity index (χ2v) is 5.64. The van der Waals surface area contributed by atoms with Gasteiger partial charge in [0.1, 0.15) is 11.5 Å². The molecule has 0 amide bonds. The van der Waals surface area contributed by atoms with Crippen molar-refractivity contribution >= 4 is 5.78 Å². The molecule has 0 spiro atoms. The zero-order chi connectivity index (χ0) is 15.2. The first kappa shape index (κ1) is 15.3. The van der Waals surface area contributed by atoms with Crippen LogP contribution in [0.5, 0.6) is 5.75 Å². The van der Waals surface area contributed by atoms with Gasteiger partial charge < -0.3 is 4.74 Å². The molecule has 21 heavy (non-hydrogen) atoms. The normalized spacial score (nSPS) is 10.7. The highest BCUT2D eigenvalue weighted by atomic mass is 16.5. The van der Waals surface area contributed by atoms with E-state index in [2.05, 4.69) is 38.1 Å². The largest absolute Gasteiger partial charge is 0.497 e. The van der Waals surface area contributed by atoms with Crippen LogP contribution < -0.4 is 4.74 Å². The monoisotopic (exact) mass is 282 g/mol. The van der Waals surface area contributed by atoms with Gasteiger partial charge in [-0.1, -0.05) is 50.2 Å². The van der Waals surface area contributed by atoms with Crippen LogP contribution in [0, 0.1) is 0 Å². The third-order valence-electron chi connectivity index (χ3n) is 3.58. The number of benzene rings is 2. The van der Waals surface area contributed by atoms with Crippen LogP contribution in [0.25, 0.3) is 0 Å². The van der Waals surface area contributed by atoms with E-state index in [-0.39, 0.29) is 5.78 Å². The SMILES string of the molecule is COc1cccc(CC(=O)Cc2ccc(C(C)C)cc2)c1. The van der Waals surface area contributed by atoms with E-state index in [1.807, 2.05) is 24.3 Å². The summed E-state index contributed by atoms with van der Waals surface area (Å²) < 4.78 is 5.18. The van der Waals surface area contributed by atoms with Gasteiger partial charge in [0.2, 0.25) is 0 Å². The van der Waals surface area contributed by atoms with Crippen molar-refractivity contribution in [3.05, 3.63) is 65.2 Å². The first-order valence-electron chi connectivity index (χ1n) is 7.32. The molecule has 0 aliphatic carbocycles. The van der Waals surface area contributed by atoms with Crippen molar-refractivity contribution in [2.45, 2.75) is 32.6 Å². The Bertz CT molecular complexity index is 597. The summed E-state index contributed by atoms with van der Waals surface area (Å²) in [6, 6.07) is 16.0. The Balaban J connectivity index is 1.97. The topological polar surface area (TPSA) is 26.3 Å². The average Bonchev–Trinajstić information content (AvgIpc) is 2.47. The molecule has 0 unspecified atom stereocenters.